The Balaban J connectivity index is 0.00000193. The Hall–Kier alpha value is -3.02. The number of fused-ring (bicyclic) bond motifs is 1. The Kier molecular flexibility index (Phi) is 4.99. The molecule has 2 aromatic heterocycles. The molecule has 6 nitrogen and oxygen atoms in total. The van der Waals surface area contributed by atoms with Crippen molar-refractivity contribution in [2.75, 3.05) is 23.3 Å². The zero-order valence-corrected chi connectivity index (χ0v) is 16.8. The van der Waals surface area contributed by atoms with Gasteiger partial charge in [0.15, 0.2) is 0 Å². The molecule has 0 spiro atoms. The van der Waals surface area contributed by atoms with Gasteiger partial charge in [-0.15, -0.1) is 0 Å². The first kappa shape index (κ1) is 21.2. The summed E-state index contributed by atoms with van der Waals surface area (Å²) in [7, 11) is 0. The van der Waals surface area contributed by atoms with Crippen LogP contribution in [0, 0.1) is 6.92 Å². The number of alkyl halides is 5. The van der Waals surface area contributed by atoms with Crippen molar-refractivity contribution in [1.29, 1.82) is 0 Å². The average Bonchev–Trinajstić information content (AvgIpc) is 3.24. The lowest BCUT2D eigenvalue weighted by Crippen LogP contribution is -2.26. The van der Waals surface area contributed by atoms with Crippen LogP contribution in [0.4, 0.5) is 33.3 Å². The maximum atomic E-state index is 13.6. The number of hydrogen-bond donors (Lipinski definition) is 2. The normalized spacial score (nSPS) is 16.1. The van der Waals surface area contributed by atoms with Gasteiger partial charge in [-0.2, -0.15) is 17.5 Å². The summed E-state index contributed by atoms with van der Waals surface area (Å²) in [5, 5.41) is 2.32. The van der Waals surface area contributed by atoms with Gasteiger partial charge in [0.25, 0.3) is 11.8 Å². The zero-order valence-electron chi connectivity index (χ0n) is 15.9. The fourth-order valence-electron chi connectivity index (χ4n) is 3.46. The number of rotatable bonds is 3. The van der Waals surface area contributed by atoms with E-state index in [1.165, 1.54) is 6.07 Å². The first-order valence-corrected chi connectivity index (χ1v) is 9.87. The molecule has 12 heteroatoms. The number of carbonyl (C=O) groups is 1. The van der Waals surface area contributed by atoms with Gasteiger partial charge < -0.3 is 15.2 Å². The fraction of sp³-hybridized carbons (Fsp3) is 0.316. The predicted octanol–water partition coefficient (Wildman–Crippen LogP) is 4.90. The van der Waals surface area contributed by atoms with E-state index in [4.69, 9.17) is 0 Å². The van der Waals surface area contributed by atoms with E-state index in [0.717, 1.165) is 34.8 Å². The van der Waals surface area contributed by atoms with Crippen LogP contribution in [0.2, 0.25) is 0 Å². The highest BCUT2D eigenvalue weighted by atomic mass is 32.1. The van der Waals surface area contributed by atoms with Gasteiger partial charge in [-0.05, 0) is 36.7 Å². The molecule has 3 heterocycles. The number of H-pyrrole nitrogens is 1. The lowest BCUT2D eigenvalue weighted by Gasteiger charge is -2.21. The van der Waals surface area contributed by atoms with Crippen LogP contribution in [-0.2, 0) is 6.18 Å². The summed E-state index contributed by atoms with van der Waals surface area (Å²) in [6, 6.07) is 2.95. The van der Waals surface area contributed by atoms with Gasteiger partial charge in [0.1, 0.15) is 10.4 Å². The Morgan fingerprint density at radius 1 is 1.35 bits per heavy atom. The summed E-state index contributed by atoms with van der Waals surface area (Å²) < 4.78 is 71.8. The Morgan fingerprint density at radius 3 is 2.74 bits per heavy atom. The van der Waals surface area contributed by atoms with E-state index in [-0.39, 0.29) is 26.0 Å². The molecule has 168 valence electrons. The standard InChI is InChI=1S/C19H15F5N4O2S.2H2/c1-9-14-15(29)11(7-25-17(14)31-27-9)16(30)26-13-3-2-10(6-12(13)19(22,23)24)28-5-4-18(20,21)8-28;;/h2-3,6-7H,4-5,8H2,1H3,(H,25,29)(H,26,30);2*1H. The van der Waals surface area contributed by atoms with Gasteiger partial charge in [-0.1, -0.05) is 0 Å². The number of aromatic amines is 1. The van der Waals surface area contributed by atoms with E-state index < -0.39 is 47.7 Å². The van der Waals surface area contributed by atoms with E-state index >= 15 is 0 Å². The second-order valence-electron chi connectivity index (χ2n) is 7.21. The summed E-state index contributed by atoms with van der Waals surface area (Å²) in [5.41, 5.74) is -2.42. The number of amides is 1. The molecule has 1 aromatic carbocycles. The Bertz CT molecular complexity index is 1250. The van der Waals surface area contributed by atoms with Crippen LogP contribution in [0.5, 0.6) is 0 Å². The highest BCUT2D eigenvalue weighted by Crippen LogP contribution is 2.39. The number of nitrogens with one attached hydrogen (secondary N) is 2. The van der Waals surface area contributed by atoms with E-state index in [2.05, 4.69) is 14.7 Å². The minimum Gasteiger partial charge on any atom is -0.365 e. The van der Waals surface area contributed by atoms with Crippen LogP contribution in [0.25, 0.3) is 10.2 Å². The number of hydrogen-bond acceptors (Lipinski definition) is 5. The molecular weight excluding hydrogens is 443 g/mol. The number of anilines is 2. The predicted molar refractivity (Wildman–Crippen MR) is 110 cm³/mol. The van der Waals surface area contributed by atoms with Crippen molar-refractivity contribution < 1.29 is 29.6 Å². The molecule has 31 heavy (non-hydrogen) atoms. The molecule has 0 aliphatic carbocycles. The van der Waals surface area contributed by atoms with E-state index in [1.54, 1.807) is 6.92 Å². The number of carbonyl (C=O) groups excluding carboxylic acids is 1. The third-order valence-corrected chi connectivity index (χ3v) is 5.89. The van der Waals surface area contributed by atoms with Crippen molar-refractivity contribution >= 4 is 39.0 Å². The number of pyridine rings is 1. The second kappa shape index (κ2) is 7.29. The Labute approximate surface area is 178 Å². The van der Waals surface area contributed by atoms with Crippen LogP contribution in [-0.4, -0.2) is 34.3 Å². The van der Waals surface area contributed by atoms with Crippen LogP contribution >= 0.6 is 11.5 Å². The van der Waals surface area contributed by atoms with Gasteiger partial charge in [0.05, 0.1) is 28.9 Å². The maximum absolute atomic E-state index is 13.6. The fourth-order valence-corrected chi connectivity index (χ4v) is 4.22. The third kappa shape index (κ3) is 3.99. The van der Waals surface area contributed by atoms with E-state index in [1.807, 2.05) is 0 Å². The van der Waals surface area contributed by atoms with Crippen LogP contribution < -0.4 is 15.6 Å². The molecule has 4 rings (SSSR count). The molecule has 0 unspecified atom stereocenters. The van der Waals surface area contributed by atoms with Crippen LogP contribution in [0.15, 0.2) is 29.2 Å². The molecule has 1 aliphatic heterocycles. The van der Waals surface area contributed by atoms with Crippen LogP contribution in [0.3, 0.4) is 0 Å². The van der Waals surface area contributed by atoms with Gasteiger partial charge in [0.2, 0.25) is 5.43 Å². The van der Waals surface area contributed by atoms with Gasteiger partial charge in [-0.3, -0.25) is 9.59 Å². The summed E-state index contributed by atoms with van der Waals surface area (Å²) in [6.07, 6.45) is -4.19. The molecular formula is C19H19F5N4O2S. The van der Waals surface area contributed by atoms with Crippen molar-refractivity contribution in [2.45, 2.75) is 25.4 Å². The van der Waals surface area contributed by atoms with Crippen molar-refractivity contribution in [1.82, 2.24) is 9.36 Å². The third-order valence-electron chi connectivity index (χ3n) is 5.02. The highest BCUT2D eigenvalue weighted by molar-refractivity contribution is 7.12. The van der Waals surface area contributed by atoms with Gasteiger partial charge in [0, 0.05) is 27.7 Å². The largest absolute Gasteiger partial charge is 0.418 e. The molecule has 0 atom stereocenters. The molecule has 3 aromatic rings. The topological polar surface area (TPSA) is 78.1 Å². The minimum absolute atomic E-state index is 0. The zero-order chi connectivity index (χ0) is 22.6. The second-order valence-corrected chi connectivity index (χ2v) is 7.99. The van der Waals surface area contributed by atoms with Gasteiger partial charge in [-0.25, -0.2) is 8.78 Å². The highest BCUT2D eigenvalue weighted by Gasteiger charge is 2.40. The summed E-state index contributed by atoms with van der Waals surface area (Å²) in [6.45, 7) is 0.816. The Morgan fingerprint density at radius 2 is 2.10 bits per heavy atom. The summed E-state index contributed by atoms with van der Waals surface area (Å²) >= 11 is 1.03. The quantitative estimate of drug-likeness (QED) is 0.543. The van der Waals surface area contributed by atoms with Crippen molar-refractivity contribution in [2.24, 2.45) is 0 Å². The number of aromatic nitrogens is 2. The van der Waals surface area contributed by atoms with Crippen LogP contribution in [0.1, 0.15) is 30.9 Å². The van der Waals surface area contributed by atoms with E-state index in [0.29, 0.717) is 10.5 Å². The SMILES string of the molecule is Cc1nsc2[nH]cc(C(=O)Nc3ccc(N4CCC(F)(F)C4)cc3C(F)(F)F)c(=O)c12.[HH].[HH]. The molecule has 0 bridgehead atoms. The first-order chi connectivity index (χ1) is 14.5. The number of benzene rings is 1. The smallest absolute Gasteiger partial charge is 0.365 e. The average molecular weight is 462 g/mol. The molecule has 1 saturated heterocycles. The number of halogens is 5. The lowest BCUT2D eigenvalue weighted by atomic mass is 10.1. The first-order valence-electron chi connectivity index (χ1n) is 9.09. The van der Waals surface area contributed by atoms with Crippen molar-refractivity contribution in [3.8, 4) is 0 Å². The molecule has 0 saturated carbocycles. The van der Waals surface area contributed by atoms with E-state index in [9.17, 15) is 31.5 Å². The molecule has 0 radical (unpaired) electrons. The minimum atomic E-state index is -4.86. The monoisotopic (exact) mass is 462 g/mol. The van der Waals surface area contributed by atoms with Crippen molar-refractivity contribution in [3.05, 3.63) is 51.4 Å². The van der Waals surface area contributed by atoms with Crippen molar-refractivity contribution in [3.63, 3.8) is 0 Å². The number of aryl methyl sites for hydroxylation is 1. The summed E-state index contributed by atoms with van der Waals surface area (Å²) in [5.74, 6) is -4.00. The molecule has 1 amide bonds. The molecule has 1 aliphatic rings. The maximum Gasteiger partial charge on any atom is 0.418 e. The summed E-state index contributed by atoms with van der Waals surface area (Å²) in [4.78, 5) is 29.5. The molecule has 1 fully saturated rings. The lowest BCUT2D eigenvalue weighted by molar-refractivity contribution is -0.136. The molecule has 2 N–H and O–H groups in total. The van der Waals surface area contributed by atoms with Gasteiger partial charge >= 0.3 is 6.18 Å². The number of nitrogens with zero attached hydrogens (tertiary/aromatic N) is 2.